The molecule has 0 bridgehead atoms. The van der Waals surface area contributed by atoms with Crippen LogP contribution < -0.4 is 11.5 Å². The Hall–Kier alpha value is -2.01. The molecule has 0 unspecified atom stereocenters. The second-order valence-electron chi connectivity index (χ2n) is 3.50. The first-order chi connectivity index (χ1) is 8.11. The molecule has 0 fully saturated rings. The standard InChI is InChI=1S/C12H12N2O2S/c1-16-12(15)11-5-4-10(17-11)7-2-3-8(13)9(14)6-7/h2-6H,13-14H2,1H3. The lowest BCUT2D eigenvalue weighted by Gasteiger charge is -2.02. The van der Waals surface area contributed by atoms with Gasteiger partial charge in [0.1, 0.15) is 4.88 Å². The molecule has 1 aromatic carbocycles. The minimum Gasteiger partial charge on any atom is -0.465 e. The Balaban J connectivity index is 2.37. The summed E-state index contributed by atoms with van der Waals surface area (Å²) in [4.78, 5) is 12.8. The van der Waals surface area contributed by atoms with Crippen LogP contribution in [0.25, 0.3) is 10.4 Å². The van der Waals surface area contributed by atoms with Gasteiger partial charge in [0.25, 0.3) is 0 Å². The van der Waals surface area contributed by atoms with Crippen LogP contribution in [0.1, 0.15) is 9.67 Å². The highest BCUT2D eigenvalue weighted by atomic mass is 32.1. The Labute approximate surface area is 103 Å². The van der Waals surface area contributed by atoms with Gasteiger partial charge in [0, 0.05) is 4.88 Å². The monoisotopic (exact) mass is 248 g/mol. The van der Waals surface area contributed by atoms with Gasteiger partial charge in [-0.3, -0.25) is 0 Å². The smallest absolute Gasteiger partial charge is 0.348 e. The Morgan fingerprint density at radius 2 is 1.94 bits per heavy atom. The number of rotatable bonds is 2. The van der Waals surface area contributed by atoms with Crippen molar-refractivity contribution in [2.45, 2.75) is 0 Å². The van der Waals surface area contributed by atoms with Crippen molar-refractivity contribution >= 4 is 28.7 Å². The van der Waals surface area contributed by atoms with Crippen LogP contribution in [0.15, 0.2) is 30.3 Å². The van der Waals surface area contributed by atoms with Gasteiger partial charge < -0.3 is 16.2 Å². The van der Waals surface area contributed by atoms with Crippen molar-refractivity contribution in [1.82, 2.24) is 0 Å². The molecule has 17 heavy (non-hydrogen) atoms. The van der Waals surface area contributed by atoms with E-state index in [2.05, 4.69) is 4.74 Å². The van der Waals surface area contributed by atoms with Gasteiger partial charge in [-0.15, -0.1) is 11.3 Å². The number of carbonyl (C=O) groups is 1. The summed E-state index contributed by atoms with van der Waals surface area (Å²) in [5.41, 5.74) is 13.4. The van der Waals surface area contributed by atoms with Crippen LogP contribution in [-0.2, 0) is 4.74 Å². The zero-order chi connectivity index (χ0) is 12.4. The summed E-state index contributed by atoms with van der Waals surface area (Å²) in [6.45, 7) is 0. The van der Waals surface area contributed by atoms with Gasteiger partial charge in [0.15, 0.2) is 0 Å². The van der Waals surface area contributed by atoms with Gasteiger partial charge in [0.05, 0.1) is 18.5 Å². The fourth-order valence-corrected chi connectivity index (χ4v) is 2.35. The molecule has 4 nitrogen and oxygen atoms in total. The van der Waals surface area contributed by atoms with Crippen molar-refractivity contribution in [3.8, 4) is 10.4 Å². The second-order valence-corrected chi connectivity index (χ2v) is 4.58. The van der Waals surface area contributed by atoms with E-state index in [1.165, 1.54) is 18.4 Å². The van der Waals surface area contributed by atoms with Crippen LogP contribution >= 0.6 is 11.3 Å². The van der Waals surface area contributed by atoms with Crippen molar-refractivity contribution in [3.05, 3.63) is 35.2 Å². The summed E-state index contributed by atoms with van der Waals surface area (Å²) < 4.78 is 4.66. The van der Waals surface area contributed by atoms with Crippen LogP contribution in [0.2, 0.25) is 0 Å². The van der Waals surface area contributed by atoms with Crippen LogP contribution in [-0.4, -0.2) is 13.1 Å². The highest BCUT2D eigenvalue weighted by Gasteiger charge is 2.10. The zero-order valence-electron chi connectivity index (χ0n) is 9.27. The molecule has 0 amide bonds. The Morgan fingerprint density at radius 3 is 2.59 bits per heavy atom. The number of nitrogen functional groups attached to an aromatic ring is 2. The molecular weight excluding hydrogens is 236 g/mol. The number of thiophene rings is 1. The highest BCUT2D eigenvalue weighted by Crippen LogP contribution is 2.31. The molecule has 88 valence electrons. The molecule has 0 saturated heterocycles. The molecule has 0 aliphatic heterocycles. The third kappa shape index (κ3) is 2.24. The lowest BCUT2D eigenvalue weighted by Crippen LogP contribution is -1.96. The Kier molecular flexibility index (Phi) is 3.01. The van der Waals surface area contributed by atoms with E-state index >= 15 is 0 Å². The summed E-state index contributed by atoms with van der Waals surface area (Å²) in [6.07, 6.45) is 0. The van der Waals surface area contributed by atoms with Gasteiger partial charge in [-0.2, -0.15) is 0 Å². The van der Waals surface area contributed by atoms with Crippen LogP contribution in [0, 0.1) is 0 Å². The summed E-state index contributed by atoms with van der Waals surface area (Å²) in [7, 11) is 1.36. The van der Waals surface area contributed by atoms with Crippen LogP contribution in [0.3, 0.4) is 0 Å². The van der Waals surface area contributed by atoms with Crippen LogP contribution in [0.5, 0.6) is 0 Å². The molecule has 5 heteroatoms. The lowest BCUT2D eigenvalue weighted by atomic mass is 10.1. The molecule has 2 rings (SSSR count). The number of hydrogen-bond donors (Lipinski definition) is 2. The number of anilines is 2. The Bertz CT molecular complexity index is 563. The average molecular weight is 248 g/mol. The van der Waals surface area contributed by atoms with Crippen molar-refractivity contribution in [2.24, 2.45) is 0 Å². The number of esters is 1. The average Bonchev–Trinajstić information content (AvgIpc) is 2.81. The number of methoxy groups -OCH3 is 1. The summed E-state index contributed by atoms with van der Waals surface area (Å²) in [5, 5.41) is 0. The largest absolute Gasteiger partial charge is 0.465 e. The summed E-state index contributed by atoms with van der Waals surface area (Å²) >= 11 is 1.36. The first kappa shape index (κ1) is 11.5. The van der Waals surface area contributed by atoms with Gasteiger partial charge >= 0.3 is 5.97 Å². The number of benzene rings is 1. The summed E-state index contributed by atoms with van der Waals surface area (Å²) in [5.74, 6) is -0.329. The molecule has 2 aromatic rings. The van der Waals surface area contributed by atoms with E-state index in [-0.39, 0.29) is 5.97 Å². The SMILES string of the molecule is COC(=O)c1ccc(-c2ccc(N)c(N)c2)s1. The predicted octanol–water partition coefficient (Wildman–Crippen LogP) is 2.37. The van der Waals surface area contributed by atoms with E-state index in [0.29, 0.717) is 16.3 Å². The topological polar surface area (TPSA) is 78.3 Å². The van der Waals surface area contributed by atoms with Crippen molar-refractivity contribution in [2.75, 3.05) is 18.6 Å². The zero-order valence-corrected chi connectivity index (χ0v) is 10.1. The molecule has 1 heterocycles. The molecule has 1 aromatic heterocycles. The molecule has 0 aliphatic carbocycles. The quantitative estimate of drug-likeness (QED) is 0.631. The highest BCUT2D eigenvalue weighted by molar-refractivity contribution is 7.17. The van der Waals surface area contributed by atoms with Crippen molar-refractivity contribution in [1.29, 1.82) is 0 Å². The van der Waals surface area contributed by atoms with E-state index < -0.39 is 0 Å². The lowest BCUT2D eigenvalue weighted by molar-refractivity contribution is 0.0606. The number of carbonyl (C=O) groups excluding carboxylic acids is 1. The van der Waals surface area contributed by atoms with Gasteiger partial charge in [-0.1, -0.05) is 6.07 Å². The number of hydrogen-bond acceptors (Lipinski definition) is 5. The second kappa shape index (κ2) is 4.47. The third-order valence-electron chi connectivity index (χ3n) is 2.36. The normalized spacial score (nSPS) is 10.2. The minimum absolute atomic E-state index is 0.329. The molecule has 0 atom stereocenters. The number of nitrogens with two attached hydrogens (primary N) is 2. The van der Waals surface area contributed by atoms with Crippen LogP contribution in [0.4, 0.5) is 11.4 Å². The first-order valence-corrected chi connectivity index (χ1v) is 5.77. The number of ether oxygens (including phenoxy) is 1. The van der Waals surface area contributed by atoms with Crippen molar-refractivity contribution in [3.63, 3.8) is 0 Å². The minimum atomic E-state index is -0.329. The molecule has 4 N–H and O–H groups in total. The van der Waals surface area contributed by atoms with E-state index in [0.717, 1.165) is 10.4 Å². The maximum Gasteiger partial charge on any atom is 0.348 e. The molecular formula is C12H12N2O2S. The third-order valence-corrected chi connectivity index (χ3v) is 3.48. The van der Waals surface area contributed by atoms with E-state index in [9.17, 15) is 4.79 Å². The van der Waals surface area contributed by atoms with Crippen molar-refractivity contribution < 1.29 is 9.53 Å². The maximum absolute atomic E-state index is 11.3. The fourth-order valence-electron chi connectivity index (χ4n) is 1.43. The molecule has 0 radical (unpaired) electrons. The van der Waals surface area contributed by atoms with E-state index in [4.69, 9.17) is 11.5 Å². The molecule has 0 saturated carbocycles. The maximum atomic E-state index is 11.3. The molecule has 0 aliphatic rings. The van der Waals surface area contributed by atoms with Gasteiger partial charge in [0.2, 0.25) is 0 Å². The first-order valence-electron chi connectivity index (χ1n) is 4.95. The molecule has 0 spiro atoms. The summed E-state index contributed by atoms with van der Waals surface area (Å²) in [6, 6.07) is 9.02. The Morgan fingerprint density at radius 1 is 1.18 bits per heavy atom. The van der Waals surface area contributed by atoms with E-state index in [1.807, 2.05) is 12.1 Å². The van der Waals surface area contributed by atoms with Gasteiger partial charge in [-0.25, -0.2) is 4.79 Å². The van der Waals surface area contributed by atoms with Gasteiger partial charge in [-0.05, 0) is 29.8 Å². The van der Waals surface area contributed by atoms with E-state index in [1.54, 1.807) is 18.2 Å². The predicted molar refractivity (Wildman–Crippen MR) is 69.9 cm³/mol. The fraction of sp³-hybridized carbons (Fsp3) is 0.0833.